The molecule has 0 saturated heterocycles. The van der Waals surface area contributed by atoms with E-state index in [1.54, 1.807) is 0 Å². The highest BCUT2D eigenvalue weighted by Crippen LogP contribution is 2.16. The predicted molar refractivity (Wildman–Crippen MR) is 99.6 cm³/mol. The molecule has 0 aromatic carbocycles. The summed E-state index contributed by atoms with van der Waals surface area (Å²) >= 11 is 0. The summed E-state index contributed by atoms with van der Waals surface area (Å²) in [6.45, 7) is 7.48. The van der Waals surface area contributed by atoms with Crippen LogP contribution in [0.4, 0.5) is 0 Å². The molecule has 0 aromatic rings. The fourth-order valence-corrected chi connectivity index (χ4v) is 3.37. The Balaban J connectivity index is 3.46. The largest absolute Gasteiger partial charge is 0.312 e. The van der Waals surface area contributed by atoms with Crippen LogP contribution in [-0.2, 0) is 10.1 Å². The molecule has 2 N–H and O–H groups in total. The van der Waals surface area contributed by atoms with E-state index in [9.17, 15) is 8.42 Å². The Kier molecular flexibility index (Phi) is 13.1. The molecule has 0 fully saturated rings. The van der Waals surface area contributed by atoms with E-state index in [0.717, 1.165) is 19.4 Å². The minimum absolute atomic E-state index is 0.110. The third-order valence-corrected chi connectivity index (χ3v) is 5.14. The summed E-state index contributed by atoms with van der Waals surface area (Å²) in [6, 6.07) is 0. The van der Waals surface area contributed by atoms with Gasteiger partial charge >= 0.3 is 0 Å². The highest BCUT2D eigenvalue weighted by atomic mass is 32.2. The quantitative estimate of drug-likeness (QED) is 0.306. The fourth-order valence-electron chi connectivity index (χ4n) is 2.80. The summed E-state index contributed by atoms with van der Waals surface area (Å²) in [5, 5.41) is 3.49. The molecular formula is C18H39NO3S. The molecule has 23 heavy (non-hydrogen) atoms. The van der Waals surface area contributed by atoms with Gasteiger partial charge in [0.1, 0.15) is 0 Å². The molecule has 0 unspecified atom stereocenters. The zero-order chi connectivity index (χ0) is 17.6. The van der Waals surface area contributed by atoms with Crippen LogP contribution >= 0.6 is 0 Å². The smallest absolute Gasteiger partial charge is 0.264 e. The van der Waals surface area contributed by atoms with E-state index in [-0.39, 0.29) is 11.3 Å². The second-order valence-corrected chi connectivity index (χ2v) is 8.95. The Morgan fingerprint density at radius 2 is 1.35 bits per heavy atom. The van der Waals surface area contributed by atoms with Gasteiger partial charge in [-0.15, -0.1) is 0 Å². The van der Waals surface area contributed by atoms with Crippen molar-refractivity contribution in [1.82, 2.24) is 5.32 Å². The zero-order valence-corrected chi connectivity index (χ0v) is 16.4. The van der Waals surface area contributed by atoms with Crippen molar-refractivity contribution in [2.45, 2.75) is 103 Å². The van der Waals surface area contributed by atoms with Gasteiger partial charge in [-0.25, -0.2) is 0 Å². The van der Waals surface area contributed by atoms with Crippen LogP contribution in [0.25, 0.3) is 0 Å². The van der Waals surface area contributed by atoms with Crippen molar-refractivity contribution in [3.63, 3.8) is 0 Å². The molecule has 0 aliphatic heterocycles. The molecule has 0 atom stereocenters. The number of hydrogen-bond acceptors (Lipinski definition) is 3. The maximum Gasteiger partial charge on any atom is 0.264 e. The molecule has 0 aliphatic rings. The van der Waals surface area contributed by atoms with Crippen LogP contribution in [0, 0.1) is 0 Å². The molecule has 0 saturated carbocycles. The summed E-state index contributed by atoms with van der Waals surface area (Å²) in [7, 11) is -3.80. The fraction of sp³-hybridized carbons (Fsp3) is 1.00. The third kappa shape index (κ3) is 18.1. The first kappa shape index (κ1) is 22.9. The van der Waals surface area contributed by atoms with Crippen LogP contribution in [0.1, 0.15) is 97.8 Å². The third-order valence-electron chi connectivity index (χ3n) is 4.34. The maximum absolute atomic E-state index is 10.6. The monoisotopic (exact) mass is 349 g/mol. The summed E-state index contributed by atoms with van der Waals surface area (Å²) in [5.41, 5.74) is 0.110. The molecular weight excluding hydrogens is 310 g/mol. The molecule has 140 valence electrons. The molecule has 0 amide bonds. The number of nitrogens with one attached hydrogen (secondary N) is 1. The first-order valence-corrected chi connectivity index (χ1v) is 11.1. The van der Waals surface area contributed by atoms with E-state index in [2.05, 4.69) is 26.1 Å². The average molecular weight is 350 g/mol. The Morgan fingerprint density at radius 1 is 0.826 bits per heavy atom. The van der Waals surface area contributed by atoms with E-state index in [1.807, 2.05) is 0 Å². The highest BCUT2D eigenvalue weighted by Gasteiger charge is 2.15. The maximum atomic E-state index is 10.6. The number of hydrogen-bond donors (Lipinski definition) is 2. The van der Waals surface area contributed by atoms with E-state index >= 15 is 0 Å². The lowest BCUT2D eigenvalue weighted by atomic mass is 9.95. The van der Waals surface area contributed by atoms with Crippen LogP contribution in [0.2, 0.25) is 0 Å². The number of rotatable bonds is 16. The van der Waals surface area contributed by atoms with Crippen molar-refractivity contribution in [3.05, 3.63) is 0 Å². The lowest BCUT2D eigenvalue weighted by Crippen LogP contribution is -2.39. The van der Waals surface area contributed by atoms with Gasteiger partial charge in [-0.05, 0) is 39.7 Å². The lowest BCUT2D eigenvalue weighted by Gasteiger charge is -2.26. The van der Waals surface area contributed by atoms with Crippen LogP contribution in [0.5, 0.6) is 0 Å². The Hall–Kier alpha value is -0.130. The summed E-state index contributed by atoms with van der Waals surface area (Å²) in [4.78, 5) is 0. The molecule has 0 spiro atoms. The van der Waals surface area contributed by atoms with Crippen LogP contribution in [0.3, 0.4) is 0 Å². The van der Waals surface area contributed by atoms with E-state index in [4.69, 9.17) is 4.55 Å². The second-order valence-electron chi connectivity index (χ2n) is 7.38. The predicted octanol–water partition coefficient (Wildman–Crippen LogP) is 4.94. The minimum Gasteiger partial charge on any atom is -0.312 e. The van der Waals surface area contributed by atoms with Gasteiger partial charge < -0.3 is 5.32 Å². The average Bonchev–Trinajstić information content (AvgIpc) is 2.44. The van der Waals surface area contributed by atoms with Crippen molar-refractivity contribution in [2.24, 2.45) is 0 Å². The van der Waals surface area contributed by atoms with E-state index < -0.39 is 10.1 Å². The van der Waals surface area contributed by atoms with Gasteiger partial charge in [-0.1, -0.05) is 64.7 Å². The van der Waals surface area contributed by atoms with Crippen LogP contribution in [-0.4, -0.2) is 30.8 Å². The molecule has 0 aliphatic carbocycles. The van der Waals surface area contributed by atoms with Gasteiger partial charge in [-0.2, -0.15) is 8.42 Å². The SMILES string of the molecule is CCCCCCCCCCCC(C)(C)NCCCCS(=O)(=O)O. The Morgan fingerprint density at radius 3 is 1.87 bits per heavy atom. The molecule has 0 rings (SSSR count). The number of unbranched alkanes of at least 4 members (excludes halogenated alkanes) is 9. The summed E-state index contributed by atoms with van der Waals surface area (Å²) < 4.78 is 29.9. The molecule has 0 bridgehead atoms. The molecule has 4 nitrogen and oxygen atoms in total. The molecule has 0 aromatic heterocycles. The first-order valence-electron chi connectivity index (χ1n) is 9.47. The van der Waals surface area contributed by atoms with Gasteiger partial charge in [0.05, 0.1) is 5.75 Å². The molecule has 0 radical (unpaired) electrons. The lowest BCUT2D eigenvalue weighted by molar-refractivity contribution is 0.344. The topological polar surface area (TPSA) is 66.4 Å². The Bertz CT molecular complexity index is 366. The van der Waals surface area contributed by atoms with Crippen molar-refractivity contribution in [2.75, 3.05) is 12.3 Å². The van der Waals surface area contributed by atoms with Crippen molar-refractivity contribution in [1.29, 1.82) is 0 Å². The standard InChI is InChI=1S/C18H39NO3S/c1-4-5-6-7-8-9-10-11-12-15-18(2,3)19-16-13-14-17-23(20,21)22/h19H,4-17H2,1-3H3,(H,20,21,22). The highest BCUT2D eigenvalue weighted by molar-refractivity contribution is 7.85. The van der Waals surface area contributed by atoms with Gasteiger partial charge in [0.2, 0.25) is 0 Å². The van der Waals surface area contributed by atoms with Gasteiger partial charge in [0.25, 0.3) is 10.1 Å². The van der Waals surface area contributed by atoms with Gasteiger partial charge in [0.15, 0.2) is 0 Å². The molecule has 5 heteroatoms. The first-order chi connectivity index (χ1) is 10.8. The van der Waals surface area contributed by atoms with Crippen LogP contribution in [0.15, 0.2) is 0 Å². The minimum atomic E-state index is -3.80. The zero-order valence-electron chi connectivity index (χ0n) is 15.6. The summed E-state index contributed by atoms with van der Waals surface area (Å²) in [5.74, 6) is -0.132. The normalized spacial score (nSPS) is 12.7. The van der Waals surface area contributed by atoms with Gasteiger partial charge in [0, 0.05) is 5.54 Å². The summed E-state index contributed by atoms with van der Waals surface area (Å²) in [6.07, 6.45) is 14.6. The van der Waals surface area contributed by atoms with Gasteiger partial charge in [-0.3, -0.25) is 4.55 Å². The van der Waals surface area contributed by atoms with E-state index in [0.29, 0.717) is 6.42 Å². The van der Waals surface area contributed by atoms with Crippen molar-refractivity contribution >= 4 is 10.1 Å². The van der Waals surface area contributed by atoms with E-state index in [1.165, 1.54) is 57.8 Å². The van der Waals surface area contributed by atoms with Crippen molar-refractivity contribution < 1.29 is 13.0 Å². The molecule has 0 heterocycles. The van der Waals surface area contributed by atoms with Crippen LogP contribution < -0.4 is 5.32 Å². The Labute approximate surface area is 144 Å². The second kappa shape index (κ2) is 13.2. The van der Waals surface area contributed by atoms with Crippen molar-refractivity contribution in [3.8, 4) is 0 Å².